The van der Waals surface area contributed by atoms with Crippen LogP contribution in [0.1, 0.15) is 37.1 Å². The van der Waals surface area contributed by atoms with Gasteiger partial charge in [0.1, 0.15) is 11.6 Å². The number of thiophene rings is 1. The van der Waals surface area contributed by atoms with Crippen LogP contribution in [0.4, 0.5) is 0 Å². The lowest BCUT2D eigenvalue weighted by atomic mass is 9.96. The van der Waals surface area contributed by atoms with Crippen LogP contribution in [0.2, 0.25) is 0 Å². The number of hydrogen-bond donors (Lipinski definition) is 2. The minimum absolute atomic E-state index is 0.152. The van der Waals surface area contributed by atoms with E-state index in [1.165, 1.54) is 16.9 Å². The Kier molecular flexibility index (Phi) is 7.14. The van der Waals surface area contributed by atoms with E-state index in [-0.39, 0.29) is 6.10 Å². The summed E-state index contributed by atoms with van der Waals surface area (Å²) in [6, 6.07) is 19.0. The second-order valence-corrected chi connectivity index (χ2v) is 11.4. The number of amidine groups is 1. The molecular formula is C31H33N5OS. The number of aliphatic imine (C=N–C) groups is 1. The number of benzene rings is 2. The maximum absolute atomic E-state index is 5.80. The largest absolute Gasteiger partial charge is 0.491 e. The first kappa shape index (κ1) is 24.7. The third-order valence-electron chi connectivity index (χ3n) is 6.96. The Morgan fingerprint density at radius 3 is 2.87 bits per heavy atom. The highest BCUT2D eigenvalue weighted by Gasteiger charge is 2.25. The fraction of sp³-hybridized carbons (Fsp3) is 0.323. The van der Waals surface area contributed by atoms with Gasteiger partial charge in [-0.2, -0.15) is 5.10 Å². The molecule has 194 valence electrons. The lowest BCUT2D eigenvalue weighted by Gasteiger charge is -2.33. The van der Waals surface area contributed by atoms with Gasteiger partial charge in [0.15, 0.2) is 0 Å². The molecule has 1 saturated heterocycles. The first-order chi connectivity index (χ1) is 18.6. The number of hydrogen-bond acceptors (Lipinski definition) is 5. The zero-order valence-corrected chi connectivity index (χ0v) is 22.7. The van der Waals surface area contributed by atoms with Gasteiger partial charge in [0, 0.05) is 40.9 Å². The molecule has 4 aromatic rings. The Hall–Kier alpha value is -3.64. The van der Waals surface area contributed by atoms with E-state index in [1.807, 2.05) is 43.4 Å². The topological polar surface area (TPSA) is 65.5 Å². The summed E-state index contributed by atoms with van der Waals surface area (Å²) in [7, 11) is 0. The Bertz CT molecular complexity index is 1490. The van der Waals surface area contributed by atoms with Crippen molar-refractivity contribution in [2.75, 3.05) is 13.1 Å². The van der Waals surface area contributed by atoms with Gasteiger partial charge in [-0.1, -0.05) is 17.9 Å². The standard InChI is InChI=1S/C31H33N5OS/c1-21(2)37-26-12-8-23(9-13-26)30-28-17-22(7-14-29(28)34-35-30)18-32-31(33-25-10-11-25)24-5-3-15-36(19-24)20-27-6-4-16-38-27/h4,6-10,12-14,16-17,21,24H,3,5,15,18-20H2,1-2H3,(H,32,33)(H,34,35)/t24-/m1/s1. The average Bonchev–Trinajstić information content (AvgIpc) is 3.41. The Balaban J connectivity index is 1.20. The van der Waals surface area contributed by atoms with Gasteiger partial charge in [-0.15, -0.1) is 11.3 Å². The summed E-state index contributed by atoms with van der Waals surface area (Å²) in [6.45, 7) is 7.89. The van der Waals surface area contributed by atoms with Gasteiger partial charge in [0.25, 0.3) is 0 Å². The lowest BCUT2D eigenvalue weighted by Crippen LogP contribution is -2.42. The molecule has 0 bridgehead atoms. The van der Waals surface area contributed by atoms with Crippen molar-refractivity contribution in [2.24, 2.45) is 10.9 Å². The number of piperidine rings is 1. The molecule has 0 spiro atoms. The van der Waals surface area contributed by atoms with Crippen molar-refractivity contribution < 1.29 is 4.74 Å². The van der Waals surface area contributed by atoms with Crippen LogP contribution in [0.25, 0.3) is 22.2 Å². The van der Waals surface area contributed by atoms with Crippen LogP contribution in [0, 0.1) is 5.92 Å². The SMILES string of the molecule is CC(C)Oc1ccc(-c2n[nH]c3ccc(C/N=C(\NC4=C=C4)[C@@H]4CCCN(Cc5cccs5)C4)cc23)cc1. The second kappa shape index (κ2) is 11.0. The van der Waals surface area contributed by atoms with Crippen LogP contribution in [0.15, 0.2) is 82.5 Å². The number of ether oxygens (including phenoxy) is 1. The minimum Gasteiger partial charge on any atom is -0.491 e. The van der Waals surface area contributed by atoms with Crippen LogP contribution in [-0.4, -0.2) is 40.1 Å². The van der Waals surface area contributed by atoms with E-state index in [0.717, 1.165) is 65.5 Å². The van der Waals surface area contributed by atoms with Gasteiger partial charge >= 0.3 is 0 Å². The van der Waals surface area contributed by atoms with E-state index < -0.39 is 0 Å². The van der Waals surface area contributed by atoms with E-state index in [1.54, 1.807) is 0 Å². The van der Waals surface area contributed by atoms with Crippen molar-refractivity contribution in [3.8, 4) is 17.0 Å². The number of aromatic amines is 1. The van der Waals surface area contributed by atoms with Crippen LogP contribution < -0.4 is 10.1 Å². The summed E-state index contributed by atoms with van der Waals surface area (Å²) in [5.74, 6) is 2.34. The monoisotopic (exact) mass is 523 g/mol. The van der Waals surface area contributed by atoms with E-state index in [0.29, 0.717) is 12.5 Å². The summed E-state index contributed by atoms with van der Waals surface area (Å²) in [5, 5.41) is 14.6. The van der Waals surface area contributed by atoms with Crippen molar-refractivity contribution in [3.63, 3.8) is 0 Å². The molecule has 2 aromatic carbocycles. The molecule has 6 nitrogen and oxygen atoms in total. The molecular weight excluding hydrogens is 490 g/mol. The summed E-state index contributed by atoms with van der Waals surface area (Å²) in [4.78, 5) is 9.10. The van der Waals surface area contributed by atoms with Gasteiger partial charge in [-0.3, -0.25) is 15.0 Å². The van der Waals surface area contributed by atoms with Crippen molar-refractivity contribution in [3.05, 3.63) is 87.9 Å². The fourth-order valence-electron chi connectivity index (χ4n) is 5.08. The van der Waals surface area contributed by atoms with Crippen LogP contribution in [0.5, 0.6) is 5.75 Å². The molecule has 3 heterocycles. The molecule has 0 saturated carbocycles. The van der Waals surface area contributed by atoms with Gasteiger partial charge in [0.2, 0.25) is 0 Å². The zero-order chi connectivity index (χ0) is 25.9. The molecule has 1 aliphatic heterocycles. The molecule has 0 unspecified atom stereocenters. The number of likely N-dealkylation sites (tertiary alicyclic amines) is 1. The molecule has 1 fully saturated rings. The second-order valence-electron chi connectivity index (χ2n) is 10.3. The molecule has 6 rings (SSSR count). The molecule has 2 aromatic heterocycles. The third kappa shape index (κ3) is 5.91. The number of fused-ring (bicyclic) bond motifs is 1. The lowest BCUT2D eigenvalue weighted by molar-refractivity contribution is 0.197. The van der Waals surface area contributed by atoms with Crippen molar-refractivity contribution in [1.29, 1.82) is 0 Å². The molecule has 0 amide bonds. The van der Waals surface area contributed by atoms with E-state index in [4.69, 9.17) is 9.73 Å². The Labute approximate surface area is 227 Å². The van der Waals surface area contributed by atoms with E-state index >= 15 is 0 Å². The van der Waals surface area contributed by atoms with Crippen molar-refractivity contribution in [1.82, 2.24) is 20.4 Å². The summed E-state index contributed by atoms with van der Waals surface area (Å²) < 4.78 is 5.80. The van der Waals surface area contributed by atoms with E-state index in [9.17, 15) is 0 Å². The normalized spacial score (nSPS) is 17.7. The predicted octanol–water partition coefficient (Wildman–Crippen LogP) is 6.53. The third-order valence-corrected chi connectivity index (χ3v) is 7.82. The first-order valence-corrected chi connectivity index (χ1v) is 14.3. The fourth-order valence-corrected chi connectivity index (χ4v) is 5.83. The maximum Gasteiger partial charge on any atom is 0.119 e. The molecule has 2 N–H and O–H groups in total. The van der Waals surface area contributed by atoms with Crippen molar-refractivity contribution in [2.45, 2.75) is 45.9 Å². The number of rotatable bonds is 9. The average molecular weight is 524 g/mol. The van der Waals surface area contributed by atoms with E-state index in [2.05, 4.69) is 74.0 Å². The molecule has 38 heavy (non-hydrogen) atoms. The Morgan fingerprint density at radius 1 is 1.24 bits per heavy atom. The summed E-state index contributed by atoms with van der Waals surface area (Å²) in [5.41, 5.74) is 8.44. The number of H-pyrrole nitrogens is 1. The number of nitrogens with one attached hydrogen (secondary N) is 2. The van der Waals surface area contributed by atoms with Gasteiger partial charge < -0.3 is 10.1 Å². The highest BCUT2D eigenvalue weighted by molar-refractivity contribution is 7.09. The van der Waals surface area contributed by atoms with Gasteiger partial charge in [0.05, 0.1) is 29.6 Å². The predicted molar refractivity (Wildman–Crippen MR) is 155 cm³/mol. The number of aromatic nitrogens is 2. The van der Waals surface area contributed by atoms with Gasteiger partial charge in [-0.25, -0.2) is 0 Å². The maximum atomic E-state index is 5.80. The highest BCUT2D eigenvalue weighted by atomic mass is 32.1. The molecule has 0 radical (unpaired) electrons. The number of nitrogens with zero attached hydrogens (tertiary/aromatic N) is 3. The first-order valence-electron chi connectivity index (χ1n) is 13.4. The smallest absolute Gasteiger partial charge is 0.119 e. The van der Waals surface area contributed by atoms with Crippen molar-refractivity contribution >= 4 is 28.1 Å². The molecule has 1 aliphatic carbocycles. The van der Waals surface area contributed by atoms with Crippen LogP contribution in [-0.2, 0) is 13.1 Å². The van der Waals surface area contributed by atoms with Crippen LogP contribution >= 0.6 is 11.3 Å². The van der Waals surface area contributed by atoms with Crippen LogP contribution in [0.3, 0.4) is 0 Å². The molecule has 7 heteroatoms. The summed E-state index contributed by atoms with van der Waals surface area (Å²) >= 11 is 1.84. The molecule has 1 atom stereocenters. The summed E-state index contributed by atoms with van der Waals surface area (Å²) in [6.07, 6.45) is 4.48. The van der Waals surface area contributed by atoms with Gasteiger partial charge in [-0.05, 0) is 86.6 Å². The quantitative estimate of drug-likeness (QED) is 0.149. The molecule has 2 aliphatic rings. The highest BCUT2D eigenvalue weighted by Crippen LogP contribution is 2.29. The Morgan fingerprint density at radius 2 is 2.11 bits per heavy atom. The minimum atomic E-state index is 0.152. The zero-order valence-electron chi connectivity index (χ0n) is 21.9.